The molecule has 0 aromatic heterocycles. The van der Waals surface area contributed by atoms with Crippen LogP contribution in [0.25, 0.3) is 0 Å². The first-order valence-corrected chi connectivity index (χ1v) is 6.88. The minimum Gasteiger partial charge on any atom is -0.463 e. The van der Waals surface area contributed by atoms with Gasteiger partial charge < -0.3 is 9.16 Å². The summed E-state index contributed by atoms with van der Waals surface area (Å²) in [6.45, 7) is 9.08. The first-order chi connectivity index (χ1) is 5.39. The number of carbonyl (C=O) groups is 1. The lowest BCUT2D eigenvalue weighted by Crippen LogP contribution is -2.36. The van der Waals surface area contributed by atoms with E-state index in [0.717, 1.165) is 0 Å². The summed E-state index contributed by atoms with van der Waals surface area (Å²) in [5, 5.41) is 0. The Hall–Kier alpha value is -0.613. The van der Waals surface area contributed by atoms with Gasteiger partial charge in [0.2, 0.25) is 8.32 Å². The SMILES string of the molecule is C=C(C)C(=O)OC[Si](C)(C)OC. The average Bonchev–Trinajstić information content (AvgIpc) is 2.00. The summed E-state index contributed by atoms with van der Waals surface area (Å²) < 4.78 is 10.2. The van der Waals surface area contributed by atoms with Gasteiger partial charge in [0, 0.05) is 12.7 Å². The van der Waals surface area contributed by atoms with Crippen molar-refractivity contribution in [2.45, 2.75) is 20.0 Å². The molecule has 0 aliphatic carbocycles. The van der Waals surface area contributed by atoms with E-state index >= 15 is 0 Å². The maximum absolute atomic E-state index is 11.0. The van der Waals surface area contributed by atoms with E-state index in [1.54, 1.807) is 14.0 Å². The van der Waals surface area contributed by atoms with Crippen LogP contribution < -0.4 is 0 Å². The zero-order valence-corrected chi connectivity index (χ0v) is 9.14. The second-order valence-electron chi connectivity index (χ2n) is 3.32. The lowest BCUT2D eigenvalue weighted by molar-refractivity contribution is -0.137. The van der Waals surface area contributed by atoms with Gasteiger partial charge >= 0.3 is 5.97 Å². The molecule has 0 saturated heterocycles. The molecule has 0 amide bonds. The topological polar surface area (TPSA) is 35.5 Å². The molecular formula is C8H16O3Si. The van der Waals surface area contributed by atoms with Crippen molar-refractivity contribution in [3.63, 3.8) is 0 Å². The van der Waals surface area contributed by atoms with E-state index in [2.05, 4.69) is 6.58 Å². The molecule has 0 spiro atoms. The second-order valence-corrected chi connectivity index (χ2v) is 7.54. The molecule has 0 atom stereocenters. The molecule has 4 heteroatoms. The number of hydrogen-bond acceptors (Lipinski definition) is 3. The smallest absolute Gasteiger partial charge is 0.332 e. The molecule has 12 heavy (non-hydrogen) atoms. The van der Waals surface area contributed by atoms with Crippen molar-refractivity contribution in [1.29, 1.82) is 0 Å². The standard InChI is InChI=1S/C8H16O3Si/c1-7(2)8(9)11-6-12(4,5)10-3/h1,6H2,2-5H3. The van der Waals surface area contributed by atoms with Gasteiger partial charge in [-0.05, 0) is 20.0 Å². The first-order valence-electron chi connectivity index (χ1n) is 3.77. The highest BCUT2D eigenvalue weighted by Crippen LogP contribution is 2.04. The fourth-order valence-corrected chi connectivity index (χ4v) is 1.02. The fraction of sp³-hybridized carbons (Fsp3) is 0.625. The molecule has 0 aromatic rings. The van der Waals surface area contributed by atoms with E-state index in [1.165, 1.54) is 0 Å². The summed E-state index contributed by atoms with van der Waals surface area (Å²) in [6.07, 6.45) is 0.384. The van der Waals surface area contributed by atoms with Crippen LogP contribution in [0.3, 0.4) is 0 Å². The van der Waals surface area contributed by atoms with Crippen LogP contribution in [0.5, 0.6) is 0 Å². The van der Waals surface area contributed by atoms with E-state index in [-0.39, 0.29) is 5.97 Å². The highest BCUT2D eigenvalue weighted by atomic mass is 28.4. The van der Waals surface area contributed by atoms with E-state index in [4.69, 9.17) is 9.16 Å². The van der Waals surface area contributed by atoms with Gasteiger partial charge in [0.25, 0.3) is 0 Å². The van der Waals surface area contributed by atoms with Gasteiger partial charge in [-0.3, -0.25) is 0 Å². The van der Waals surface area contributed by atoms with Crippen LogP contribution in [0.2, 0.25) is 13.1 Å². The molecule has 0 aliphatic rings. The third kappa shape index (κ3) is 4.30. The van der Waals surface area contributed by atoms with Crippen molar-refractivity contribution in [2.24, 2.45) is 0 Å². The van der Waals surface area contributed by atoms with Gasteiger partial charge in [0.05, 0.1) is 0 Å². The molecule has 0 heterocycles. The predicted molar refractivity (Wildman–Crippen MR) is 50.3 cm³/mol. The lowest BCUT2D eigenvalue weighted by atomic mass is 10.4. The Kier molecular flexibility index (Phi) is 4.20. The monoisotopic (exact) mass is 188 g/mol. The van der Waals surface area contributed by atoms with Gasteiger partial charge in [-0.25, -0.2) is 4.79 Å². The number of rotatable bonds is 4. The molecule has 0 bridgehead atoms. The number of hydrogen-bond donors (Lipinski definition) is 0. The molecule has 0 unspecified atom stereocenters. The molecule has 3 nitrogen and oxygen atoms in total. The van der Waals surface area contributed by atoms with Crippen molar-refractivity contribution < 1.29 is 14.0 Å². The number of esters is 1. The third-order valence-electron chi connectivity index (χ3n) is 1.45. The van der Waals surface area contributed by atoms with Crippen LogP contribution in [-0.4, -0.2) is 27.6 Å². The number of carbonyl (C=O) groups excluding carboxylic acids is 1. The van der Waals surface area contributed by atoms with Crippen LogP contribution in [-0.2, 0) is 14.0 Å². The number of ether oxygens (including phenoxy) is 1. The second kappa shape index (κ2) is 4.42. The molecular weight excluding hydrogens is 172 g/mol. The zero-order chi connectivity index (χ0) is 9.78. The Labute approximate surface area is 74.5 Å². The first kappa shape index (κ1) is 11.4. The van der Waals surface area contributed by atoms with Crippen molar-refractivity contribution in [1.82, 2.24) is 0 Å². The molecule has 0 N–H and O–H groups in total. The summed E-state index contributed by atoms with van der Waals surface area (Å²) in [4.78, 5) is 11.0. The van der Waals surface area contributed by atoms with E-state index < -0.39 is 8.32 Å². The molecule has 0 saturated carbocycles. The zero-order valence-electron chi connectivity index (χ0n) is 8.14. The molecule has 0 radical (unpaired) electrons. The third-order valence-corrected chi connectivity index (χ3v) is 3.40. The average molecular weight is 188 g/mol. The Morgan fingerprint density at radius 1 is 1.50 bits per heavy atom. The Morgan fingerprint density at radius 3 is 2.33 bits per heavy atom. The van der Waals surface area contributed by atoms with Crippen LogP contribution >= 0.6 is 0 Å². The highest BCUT2D eigenvalue weighted by Gasteiger charge is 2.23. The summed E-state index contributed by atoms with van der Waals surface area (Å²) in [7, 11) is -0.130. The van der Waals surface area contributed by atoms with Crippen LogP contribution in [0.1, 0.15) is 6.92 Å². The Bertz CT molecular complexity index is 187. The van der Waals surface area contributed by atoms with Crippen molar-refractivity contribution in [3.8, 4) is 0 Å². The van der Waals surface area contributed by atoms with Crippen molar-refractivity contribution in [2.75, 3.05) is 13.3 Å². The maximum atomic E-state index is 11.0. The fourth-order valence-electron chi connectivity index (χ4n) is 0.421. The Balaban J connectivity index is 3.83. The highest BCUT2D eigenvalue weighted by molar-refractivity contribution is 6.71. The van der Waals surface area contributed by atoms with Gasteiger partial charge in [0.1, 0.15) is 6.23 Å². The van der Waals surface area contributed by atoms with Gasteiger partial charge in [0.15, 0.2) is 0 Å². The molecule has 0 aliphatic heterocycles. The summed E-state index contributed by atoms with van der Waals surface area (Å²) >= 11 is 0. The quantitative estimate of drug-likeness (QED) is 0.381. The lowest BCUT2D eigenvalue weighted by Gasteiger charge is -2.19. The van der Waals surface area contributed by atoms with Gasteiger partial charge in [-0.1, -0.05) is 6.58 Å². The molecule has 0 aromatic carbocycles. The maximum Gasteiger partial charge on any atom is 0.332 e. The molecule has 0 rings (SSSR count). The van der Waals surface area contributed by atoms with Crippen LogP contribution in [0.4, 0.5) is 0 Å². The normalized spacial score (nSPS) is 11.0. The minimum atomic E-state index is -1.77. The van der Waals surface area contributed by atoms with Gasteiger partial charge in [-0.15, -0.1) is 0 Å². The van der Waals surface area contributed by atoms with E-state index in [9.17, 15) is 4.79 Å². The minimum absolute atomic E-state index is 0.340. The Morgan fingerprint density at radius 2 is 2.00 bits per heavy atom. The van der Waals surface area contributed by atoms with Crippen molar-refractivity contribution in [3.05, 3.63) is 12.2 Å². The van der Waals surface area contributed by atoms with Crippen LogP contribution in [0.15, 0.2) is 12.2 Å². The van der Waals surface area contributed by atoms with E-state index in [1.807, 2.05) is 13.1 Å². The van der Waals surface area contributed by atoms with E-state index in [0.29, 0.717) is 11.8 Å². The van der Waals surface area contributed by atoms with Crippen molar-refractivity contribution >= 4 is 14.3 Å². The predicted octanol–water partition coefficient (Wildman–Crippen LogP) is 1.50. The summed E-state index contributed by atoms with van der Waals surface area (Å²) in [5.74, 6) is -0.340. The van der Waals surface area contributed by atoms with Gasteiger partial charge in [-0.2, -0.15) is 0 Å². The largest absolute Gasteiger partial charge is 0.463 e. The summed E-state index contributed by atoms with van der Waals surface area (Å²) in [6, 6.07) is 0. The molecule has 0 fully saturated rings. The summed E-state index contributed by atoms with van der Waals surface area (Å²) in [5.41, 5.74) is 0.427. The van der Waals surface area contributed by atoms with Crippen LogP contribution in [0, 0.1) is 0 Å². The molecule has 70 valence electrons.